The van der Waals surface area contributed by atoms with Gasteiger partial charge in [-0.3, -0.25) is 0 Å². The second kappa shape index (κ2) is 5.85. The molecule has 0 fully saturated rings. The van der Waals surface area contributed by atoms with Crippen LogP contribution in [0, 0.1) is 0 Å². The quantitative estimate of drug-likeness (QED) is 0.714. The standard InChI is InChI=1S/C6H5.CH4N.ClH.Zn/c1-2-4-6-5-3-1;1-2;;/h1-5H;1-2H2;1H;. The Balaban J connectivity index is 0.000000810. The van der Waals surface area contributed by atoms with Crippen molar-refractivity contribution in [3.8, 4) is 0 Å². The second-order valence-corrected chi connectivity index (χ2v) is 6.00. The molecule has 0 radical (unpaired) electrons. The van der Waals surface area contributed by atoms with Crippen molar-refractivity contribution in [1.29, 1.82) is 0 Å². The molecule has 0 amide bonds. The number of hydrogen-bond donors (Lipinski definition) is 1. The zero-order chi connectivity index (χ0) is 6.53. The topological polar surface area (TPSA) is 26.0 Å². The van der Waals surface area contributed by atoms with E-state index in [4.69, 9.17) is 5.73 Å². The normalized spacial score (nSPS) is 7.70. The van der Waals surface area contributed by atoms with Crippen LogP contribution in [0.3, 0.4) is 0 Å². The van der Waals surface area contributed by atoms with E-state index < -0.39 is 17.1 Å². The summed E-state index contributed by atoms with van der Waals surface area (Å²) in [5.74, 6) is 0. The summed E-state index contributed by atoms with van der Waals surface area (Å²) < 4.78 is 1.51. The van der Waals surface area contributed by atoms with Gasteiger partial charge in [0.05, 0.1) is 0 Å². The molecule has 0 heterocycles. The zero-order valence-corrected chi connectivity index (χ0v) is 9.57. The van der Waals surface area contributed by atoms with Gasteiger partial charge in [-0.25, -0.2) is 0 Å². The molecule has 0 unspecified atom stereocenters. The Morgan fingerprint density at radius 3 is 2.30 bits per heavy atom. The third-order valence-corrected chi connectivity index (χ3v) is 4.08. The van der Waals surface area contributed by atoms with Crippen LogP contribution in [0.25, 0.3) is 0 Å². The molecule has 0 saturated carbocycles. The summed E-state index contributed by atoms with van der Waals surface area (Å²) >= 11 is -0.512. The molecule has 10 heavy (non-hydrogen) atoms. The van der Waals surface area contributed by atoms with E-state index in [0.29, 0.717) is 0 Å². The Bertz CT molecular complexity index is 167. The van der Waals surface area contributed by atoms with Gasteiger partial charge in [0.15, 0.2) is 0 Å². The first-order valence-corrected chi connectivity index (χ1v) is 6.75. The second-order valence-electron chi connectivity index (χ2n) is 2.02. The van der Waals surface area contributed by atoms with Crippen LogP contribution < -0.4 is 9.89 Å². The number of rotatable bonds is 2. The first kappa shape index (κ1) is 10.1. The minimum atomic E-state index is -0.512. The van der Waals surface area contributed by atoms with Gasteiger partial charge in [0.2, 0.25) is 0 Å². The molecule has 1 rings (SSSR count). The number of nitrogens with two attached hydrogens (primary N) is 1. The van der Waals surface area contributed by atoms with Crippen molar-refractivity contribution in [2.24, 2.45) is 5.73 Å². The van der Waals surface area contributed by atoms with Crippen molar-refractivity contribution in [3.63, 3.8) is 0 Å². The van der Waals surface area contributed by atoms with Gasteiger partial charge in [-0.15, -0.1) is 12.4 Å². The molecule has 0 bridgehead atoms. The fraction of sp³-hybridized carbons (Fsp3) is 0.143. The minimum absolute atomic E-state index is 0. The van der Waals surface area contributed by atoms with Gasteiger partial charge in [-0.1, -0.05) is 0 Å². The number of halogens is 1. The van der Waals surface area contributed by atoms with E-state index in [0.717, 1.165) is 5.14 Å². The molecule has 0 aromatic heterocycles. The van der Waals surface area contributed by atoms with Crippen LogP contribution in [-0.4, -0.2) is 5.14 Å². The van der Waals surface area contributed by atoms with E-state index in [9.17, 15) is 0 Å². The fourth-order valence-corrected chi connectivity index (χ4v) is 2.78. The van der Waals surface area contributed by atoms with Crippen LogP contribution in [0.2, 0.25) is 0 Å². The van der Waals surface area contributed by atoms with Crippen LogP contribution >= 0.6 is 12.4 Å². The predicted octanol–water partition coefficient (Wildman–Crippen LogP) is 0.732. The van der Waals surface area contributed by atoms with Crippen molar-refractivity contribution < 1.29 is 17.1 Å². The van der Waals surface area contributed by atoms with Crippen molar-refractivity contribution in [1.82, 2.24) is 0 Å². The Kier molecular flexibility index (Phi) is 5.90. The number of hydrogen-bond acceptors (Lipinski definition) is 1. The van der Waals surface area contributed by atoms with E-state index in [1.165, 1.54) is 4.16 Å². The maximum atomic E-state index is 5.44. The van der Waals surface area contributed by atoms with Crippen molar-refractivity contribution in [2.45, 2.75) is 0 Å². The van der Waals surface area contributed by atoms with E-state index in [2.05, 4.69) is 24.3 Å². The summed E-state index contributed by atoms with van der Waals surface area (Å²) in [7, 11) is 0. The molecule has 1 nitrogen and oxygen atoms in total. The van der Waals surface area contributed by atoms with Gasteiger partial charge in [0.25, 0.3) is 0 Å². The van der Waals surface area contributed by atoms with Gasteiger partial charge in [-0.2, -0.15) is 0 Å². The predicted molar refractivity (Wildman–Crippen MR) is 42.4 cm³/mol. The number of benzene rings is 1. The Hall–Kier alpha value is 0.0934. The molecular formula is C7H10ClNZn. The van der Waals surface area contributed by atoms with Gasteiger partial charge in [0, 0.05) is 0 Å². The molecule has 0 spiro atoms. The third kappa shape index (κ3) is 3.31. The Morgan fingerprint density at radius 1 is 1.20 bits per heavy atom. The first-order chi connectivity index (χ1) is 4.43. The third-order valence-electron chi connectivity index (χ3n) is 1.28. The van der Waals surface area contributed by atoms with E-state index >= 15 is 0 Å². The van der Waals surface area contributed by atoms with Crippen LogP contribution in [-0.2, 0) is 17.1 Å². The van der Waals surface area contributed by atoms with Gasteiger partial charge < -0.3 is 0 Å². The molecule has 0 aliphatic heterocycles. The summed E-state index contributed by atoms with van der Waals surface area (Å²) in [6.07, 6.45) is 0. The van der Waals surface area contributed by atoms with Crippen LogP contribution in [0.1, 0.15) is 0 Å². The molecule has 0 aliphatic rings. The van der Waals surface area contributed by atoms with Crippen LogP contribution in [0.5, 0.6) is 0 Å². The summed E-state index contributed by atoms with van der Waals surface area (Å²) in [4.78, 5) is 0. The van der Waals surface area contributed by atoms with Crippen molar-refractivity contribution >= 4 is 16.6 Å². The molecule has 3 heteroatoms. The molecule has 0 aliphatic carbocycles. The molecular weight excluding hydrogens is 199 g/mol. The average Bonchev–Trinajstić information content (AvgIpc) is 1.91. The van der Waals surface area contributed by atoms with Gasteiger partial charge >= 0.3 is 62.5 Å². The van der Waals surface area contributed by atoms with E-state index in [-0.39, 0.29) is 12.4 Å². The molecule has 0 saturated heterocycles. The first-order valence-electron chi connectivity index (χ1n) is 3.17. The molecule has 52 valence electrons. The maximum absolute atomic E-state index is 5.44. The monoisotopic (exact) mass is 207 g/mol. The zero-order valence-electron chi connectivity index (χ0n) is 5.79. The Morgan fingerprint density at radius 2 is 1.80 bits per heavy atom. The van der Waals surface area contributed by atoms with Crippen molar-refractivity contribution in [3.05, 3.63) is 30.3 Å². The summed E-state index contributed by atoms with van der Waals surface area (Å²) in [6.45, 7) is 0. The molecule has 0 atom stereocenters. The van der Waals surface area contributed by atoms with Gasteiger partial charge in [-0.05, 0) is 0 Å². The molecule has 2 N–H and O–H groups in total. The summed E-state index contributed by atoms with van der Waals surface area (Å²) in [6, 6.07) is 10.6. The van der Waals surface area contributed by atoms with E-state index in [1.54, 1.807) is 0 Å². The van der Waals surface area contributed by atoms with Gasteiger partial charge in [0.1, 0.15) is 0 Å². The van der Waals surface area contributed by atoms with Crippen molar-refractivity contribution in [2.75, 3.05) is 5.14 Å². The Labute approximate surface area is 75.0 Å². The SMILES string of the molecule is Cl.N[CH2][Zn][c]1ccccc1. The molecule has 1 aromatic rings. The summed E-state index contributed by atoms with van der Waals surface area (Å²) in [5.41, 5.74) is 5.44. The average molecular weight is 209 g/mol. The fourth-order valence-electron chi connectivity index (χ4n) is 0.811. The molecule has 1 aromatic carbocycles. The summed E-state index contributed by atoms with van der Waals surface area (Å²) in [5, 5.41) is 0.928. The van der Waals surface area contributed by atoms with Crippen LogP contribution in [0.4, 0.5) is 0 Å². The van der Waals surface area contributed by atoms with Crippen LogP contribution in [0.15, 0.2) is 30.3 Å². The van der Waals surface area contributed by atoms with E-state index in [1.807, 2.05) is 6.07 Å².